The van der Waals surface area contributed by atoms with Gasteiger partial charge in [-0.2, -0.15) is 13.2 Å². The van der Waals surface area contributed by atoms with Gasteiger partial charge >= 0.3 is 12.1 Å². The number of hydrogen-bond acceptors (Lipinski definition) is 2. The molecule has 0 saturated heterocycles. The molecule has 0 aliphatic rings. The Morgan fingerprint density at radius 3 is 2.29 bits per heavy atom. The molecule has 0 heterocycles. The summed E-state index contributed by atoms with van der Waals surface area (Å²) in [7, 11) is 0. The second-order valence-electron chi connectivity index (χ2n) is 3.66. The fourth-order valence-corrected chi connectivity index (χ4v) is 1.29. The lowest BCUT2D eigenvalue weighted by molar-refractivity contribution is -0.134. The molecular formula is C12H13F3O2. The van der Waals surface area contributed by atoms with Gasteiger partial charge in [0.15, 0.2) is 0 Å². The van der Waals surface area contributed by atoms with Gasteiger partial charge in [0.05, 0.1) is 6.42 Å². The molecule has 0 spiro atoms. The van der Waals surface area contributed by atoms with Crippen LogP contribution in [0.15, 0.2) is 24.3 Å². The molecule has 0 fully saturated rings. The Morgan fingerprint density at radius 2 is 1.82 bits per heavy atom. The van der Waals surface area contributed by atoms with Gasteiger partial charge in [-0.05, 0) is 24.1 Å². The van der Waals surface area contributed by atoms with Crippen molar-refractivity contribution in [2.45, 2.75) is 32.4 Å². The lowest BCUT2D eigenvalue weighted by Crippen LogP contribution is -2.11. The topological polar surface area (TPSA) is 26.3 Å². The van der Waals surface area contributed by atoms with Crippen molar-refractivity contribution >= 4 is 5.97 Å². The molecule has 2 nitrogen and oxygen atoms in total. The summed E-state index contributed by atoms with van der Waals surface area (Å²) in [6.07, 6.45) is -4.23. The van der Waals surface area contributed by atoms with Gasteiger partial charge in [-0.1, -0.05) is 19.1 Å². The maximum absolute atomic E-state index is 12.1. The monoisotopic (exact) mass is 246 g/mol. The molecule has 0 N–H and O–H groups in total. The molecule has 0 aliphatic carbocycles. The summed E-state index contributed by atoms with van der Waals surface area (Å²) in [6.45, 7) is 1.84. The van der Waals surface area contributed by atoms with Crippen molar-refractivity contribution < 1.29 is 22.7 Å². The van der Waals surface area contributed by atoms with Crippen LogP contribution in [0.3, 0.4) is 0 Å². The van der Waals surface area contributed by atoms with Crippen molar-refractivity contribution in [1.29, 1.82) is 0 Å². The largest absolute Gasteiger partial charge is 0.427 e. The zero-order valence-corrected chi connectivity index (χ0v) is 9.38. The summed E-state index contributed by atoms with van der Waals surface area (Å²) in [6, 6.07) is 5.35. The summed E-state index contributed by atoms with van der Waals surface area (Å²) < 4.78 is 41.1. The van der Waals surface area contributed by atoms with Crippen LogP contribution in [-0.4, -0.2) is 12.1 Å². The first kappa shape index (κ1) is 13.5. The maximum Gasteiger partial charge on any atom is 0.393 e. The van der Waals surface area contributed by atoms with E-state index in [9.17, 15) is 18.0 Å². The van der Waals surface area contributed by atoms with Crippen molar-refractivity contribution in [3.8, 4) is 5.75 Å². The first-order valence-corrected chi connectivity index (χ1v) is 5.27. The van der Waals surface area contributed by atoms with Gasteiger partial charge in [0.25, 0.3) is 0 Å². The highest BCUT2D eigenvalue weighted by molar-refractivity contribution is 5.72. The van der Waals surface area contributed by atoms with Crippen molar-refractivity contribution in [3.05, 3.63) is 29.8 Å². The molecule has 94 valence electrons. The quantitative estimate of drug-likeness (QED) is 0.600. The van der Waals surface area contributed by atoms with Crippen LogP contribution in [0.5, 0.6) is 5.75 Å². The van der Waals surface area contributed by atoms with Crippen molar-refractivity contribution in [2.24, 2.45) is 0 Å². The normalized spacial score (nSPS) is 11.3. The van der Waals surface area contributed by atoms with Crippen molar-refractivity contribution in [1.82, 2.24) is 0 Å². The molecule has 5 heteroatoms. The van der Waals surface area contributed by atoms with Crippen molar-refractivity contribution in [2.75, 3.05) is 0 Å². The molecule has 0 aromatic heterocycles. The summed E-state index contributed by atoms with van der Waals surface area (Å²) in [5.74, 6) is -0.106. The highest BCUT2D eigenvalue weighted by atomic mass is 19.4. The minimum Gasteiger partial charge on any atom is -0.427 e. The predicted molar refractivity (Wildman–Crippen MR) is 56.7 cm³/mol. The third kappa shape index (κ3) is 5.38. The smallest absolute Gasteiger partial charge is 0.393 e. The van der Waals surface area contributed by atoms with Gasteiger partial charge in [-0.25, -0.2) is 0 Å². The maximum atomic E-state index is 12.1. The Hall–Kier alpha value is -1.52. The molecule has 0 amide bonds. The van der Waals surface area contributed by atoms with Gasteiger partial charge in [0.2, 0.25) is 0 Å². The lowest BCUT2D eigenvalue weighted by atomic mass is 10.1. The number of rotatable bonds is 4. The number of alkyl halides is 3. The Balaban J connectivity index is 2.59. The van der Waals surface area contributed by atoms with E-state index in [2.05, 4.69) is 0 Å². The molecule has 1 aromatic rings. The van der Waals surface area contributed by atoms with E-state index >= 15 is 0 Å². The summed E-state index contributed by atoms with van der Waals surface area (Å²) in [5.41, 5.74) is 0.146. The van der Waals surface area contributed by atoms with Gasteiger partial charge in [0, 0.05) is 6.42 Å². The third-order valence-electron chi connectivity index (χ3n) is 2.01. The zero-order valence-electron chi connectivity index (χ0n) is 9.38. The van der Waals surface area contributed by atoms with Gasteiger partial charge in [-0.15, -0.1) is 0 Å². The van der Waals surface area contributed by atoms with Gasteiger partial charge in [0.1, 0.15) is 5.75 Å². The zero-order chi connectivity index (χ0) is 12.9. The van der Waals surface area contributed by atoms with Crippen LogP contribution >= 0.6 is 0 Å². The molecule has 1 rings (SSSR count). The van der Waals surface area contributed by atoms with E-state index in [0.29, 0.717) is 12.8 Å². The van der Waals surface area contributed by atoms with Crippen LogP contribution in [0, 0.1) is 0 Å². The Kier molecular flexibility index (Phi) is 4.54. The van der Waals surface area contributed by atoms with Crippen LogP contribution in [0.2, 0.25) is 0 Å². The number of hydrogen-bond donors (Lipinski definition) is 0. The number of carbonyl (C=O) groups is 1. The summed E-state index contributed by atoms with van der Waals surface area (Å²) in [5, 5.41) is 0. The average molecular weight is 246 g/mol. The highest BCUT2D eigenvalue weighted by Crippen LogP contribution is 2.22. The minimum absolute atomic E-state index is 0.146. The number of esters is 1. The Morgan fingerprint density at radius 1 is 1.24 bits per heavy atom. The highest BCUT2D eigenvalue weighted by Gasteiger charge is 2.27. The van der Waals surface area contributed by atoms with Crippen LogP contribution in [0.25, 0.3) is 0 Å². The number of halogens is 3. The van der Waals surface area contributed by atoms with Crippen LogP contribution in [-0.2, 0) is 11.2 Å². The predicted octanol–water partition coefficient (Wildman–Crippen LogP) is 3.50. The van der Waals surface area contributed by atoms with E-state index in [1.807, 2.05) is 6.92 Å². The Labute approximate surface area is 97.4 Å². The molecule has 17 heavy (non-hydrogen) atoms. The molecular weight excluding hydrogens is 233 g/mol. The molecule has 0 radical (unpaired) electrons. The second-order valence-corrected chi connectivity index (χ2v) is 3.66. The molecule has 0 saturated carbocycles. The third-order valence-corrected chi connectivity index (χ3v) is 2.01. The minimum atomic E-state index is -4.22. The number of ether oxygens (including phenoxy) is 1. The van der Waals surface area contributed by atoms with Gasteiger partial charge < -0.3 is 4.74 Å². The van der Waals surface area contributed by atoms with E-state index in [0.717, 1.165) is 0 Å². The Bertz CT molecular complexity index is 368. The first-order chi connectivity index (χ1) is 7.90. The summed E-state index contributed by atoms with van der Waals surface area (Å²) in [4.78, 5) is 11.1. The van der Waals surface area contributed by atoms with E-state index in [1.165, 1.54) is 24.3 Å². The number of benzene rings is 1. The van der Waals surface area contributed by atoms with E-state index in [1.54, 1.807) is 0 Å². The van der Waals surface area contributed by atoms with Crippen molar-refractivity contribution in [3.63, 3.8) is 0 Å². The fourth-order valence-electron chi connectivity index (χ4n) is 1.29. The van der Waals surface area contributed by atoms with E-state index < -0.39 is 12.6 Å². The fraction of sp³-hybridized carbons (Fsp3) is 0.417. The number of carbonyl (C=O) groups excluding carboxylic acids is 1. The molecule has 0 unspecified atom stereocenters. The van der Waals surface area contributed by atoms with Crippen LogP contribution in [0.1, 0.15) is 25.3 Å². The molecule has 0 bridgehead atoms. The second kappa shape index (κ2) is 5.70. The SMILES string of the molecule is CCCC(=O)Oc1ccc(CC(F)(F)F)cc1. The first-order valence-electron chi connectivity index (χ1n) is 5.27. The average Bonchev–Trinajstić information content (AvgIpc) is 2.19. The molecule has 1 aromatic carbocycles. The molecule has 0 atom stereocenters. The molecule has 0 aliphatic heterocycles. The summed E-state index contributed by atoms with van der Waals surface area (Å²) >= 11 is 0. The lowest BCUT2D eigenvalue weighted by Gasteiger charge is -2.07. The van der Waals surface area contributed by atoms with Crippen LogP contribution in [0.4, 0.5) is 13.2 Å². The standard InChI is InChI=1S/C12H13F3O2/c1-2-3-11(16)17-10-6-4-9(5-7-10)8-12(13,14)15/h4-7H,2-3,8H2,1H3. The van der Waals surface area contributed by atoms with E-state index in [-0.39, 0.29) is 17.3 Å². The van der Waals surface area contributed by atoms with E-state index in [4.69, 9.17) is 4.74 Å². The van der Waals surface area contributed by atoms with Gasteiger partial charge in [-0.3, -0.25) is 4.79 Å². The van der Waals surface area contributed by atoms with Crippen LogP contribution < -0.4 is 4.74 Å².